The molecule has 0 aliphatic heterocycles. The quantitative estimate of drug-likeness (QED) is 0.664. The summed E-state index contributed by atoms with van der Waals surface area (Å²) in [5.74, 6) is -0.572. The molecule has 0 saturated carbocycles. The molecular formula is C11H23NO2. The first kappa shape index (κ1) is 13.4. The maximum absolute atomic E-state index is 11.3. The van der Waals surface area contributed by atoms with Gasteiger partial charge in [-0.1, -0.05) is 33.6 Å². The van der Waals surface area contributed by atoms with Crippen LogP contribution in [0.15, 0.2) is 0 Å². The first-order valence-electron chi connectivity index (χ1n) is 5.48. The summed E-state index contributed by atoms with van der Waals surface area (Å²) in [6.45, 7) is 6.33. The Hall–Kier alpha value is -0.570. The third-order valence-corrected chi connectivity index (χ3v) is 3.15. The van der Waals surface area contributed by atoms with Gasteiger partial charge in [0.2, 0.25) is 0 Å². The van der Waals surface area contributed by atoms with Gasteiger partial charge in [-0.3, -0.25) is 4.79 Å². The third kappa shape index (κ3) is 2.71. The lowest BCUT2D eigenvalue weighted by Gasteiger charge is -2.33. The number of hydrogen-bond donors (Lipinski definition) is 2. The fourth-order valence-electron chi connectivity index (χ4n) is 2.11. The Labute approximate surface area is 86.7 Å². The van der Waals surface area contributed by atoms with Gasteiger partial charge in [-0.25, -0.2) is 0 Å². The van der Waals surface area contributed by atoms with Crippen molar-refractivity contribution in [3.8, 4) is 0 Å². The summed E-state index contributed by atoms with van der Waals surface area (Å²) in [4.78, 5) is 11.3. The molecule has 0 bridgehead atoms. The number of carboxylic acids is 1. The molecular weight excluding hydrogens is 178 g/mol. The van der Waals surface area contributed by atoms with E-state index < -0.39 is 11.4 Å². The second-order valence-corrected chi connectivity index (χ2v) is 4.11. The van der Waals surface area contributed by atoms with E-state index in [9.17, 15) is 9.90 Å². The predicted octanol–water partition coefficient (Wildman–Crippen LogP) is 2.25. The summed E-state index contributed by atoms with van der Waals surface area (Å²) < 4.78 is 0. The van der Waals surface area contributed by atoms with Gasteiger partial charge in [0.1, 0.15) is 0 Å². The Kier molecular flexibility index (Phi) is 5.77. The molecule has 0 spiro atoms. The molecule has 0 aliphatic rings. The van der Waals surface area contributed by atoms with Crippen LogP contribution in [0.5, 0.6) is 0 Å². The van der Waals surface area contributed by atoms with Crippen molar-refractivity contribution in [2.45, 2.75) is 46.5 Å². The van der Waals surface area contributed by atoms with Gasteiger partial charge >= 0.3 is 5.97 Å². The van der Waals surface area contributed by atoms with Crippen molar-refractivity contribution in [1.82, 2.24) is 0 Å². The molecule has 0 aromatic heterocycles. The predicted molar refractivity (Wildman–Crippen MR) is 58.1 cm³/mol. The van der Waals surface area contributed by atoms with E-state index in [-0.39, 0.29) is 12.5 Å². The summed E-state index contributed by atoms with van der Waals surface area (Å²) in [6.07, 6.45) is 3.50. The van der Waals surface area contributed by atoms with E-state index in [2.05, 4.69) is 6.92 Å². The van der Waals surface area contributed by atoms with Crippen LogP contribution in [-0.4, -0.2) is 17.6 Å². The van der Waals surface area contributed by atoms with Gasteiger partial charge in [0, 0.05) is 6.54 Å². The van der Waals surface area contributed by atoms with Gasteiger partial charge in [-0.15, -0.1) is 0 Å². The normalized spacial score (nSPS) is 17.4. The number of rotatable bonds is 7. The van der Waals surface area contributed by atoms with Crippen LogP contribution in [-0.2, 0) is 4.79 Å². The highest BCUT2D eigenvalue weighted by Crippen LogP contribution is 2.35. The maximum Gasteiger partial charge on any atom is 0.311 e. The summed E-state index contributed by atoms with van der Waals surface area (Å²) in [5, 5.41) is 9.27. The lowest BCUT2D eigenvalue weighted by Crippen LogP contribution is -2.44. The van der Waals surface area contributed by atoms with Crippen molar-refractivity contribution < 1.29 is 9.90 Å². The Bertz CT molecular complexity index is 182. The lowest BCUT2D eigenvalue weighted by molar-refractivity contribution is -0.152. The second kappa shape index (κ2) is 6.02. The zero-order valence-corrected chi connectivity index (χ0v) is 9.55. The lowest BCUT2D eigenvalue weighted by atomic mass is 9.71. The van der Waals surface area contributed by atoms with Crippen LogP contribution in [0.1, 0.15) is 46.5 Å². The third-order valence-electron chi connectivity index (χ3n) is 3.15. The highest BCUT2D eigenvalue weighted by atomic mass is 16.4. The van der Waals surface area contributed by atoms with E-state index in [4.69, 9.17) is 5.73 Å². The van der Waals surface area contributed by atoms with E-state index in [0.717, 1.165) is 19.3 Å². The summed E-state index contributed by atoms with van der Waals surface area (Å²) in [7, 11) is 0. The molecule has 0 fully saturated rings. The first-order valence-corrected chi connectivity index (χ1v) is 5.48. The van der Waals surface area contributed by atoms with Gasteiger partial charge in [0.05, 0.1) is 5.41 Å². The van der Waals surface area contributed by atoms with Crippen molar-refractivity contribution >= 4 is 5.97 Å². The maximum atomic E-state index is 11.3. The van der Waals surface area contributed by atoms with Crippen molar-refractivity contribution in [2.75, 3.05) is 6.54 Å². The standard InChI is InChI=1S/C11H23NO2/c1-4-6-9(3)11(8-12,7-5-2)10(13)14/h9H,4-8,12H2,1-3H3,(H,13,14). The average Bonchev–Trinajstić information content (AvgIpc) is 2.14. The molecule has 0 aromatic carbocycles. The molecule has 84 valence electrons. The van der Waals surface area contributed by atoms with Crippen LogP contribution in [0.2, 0.25) is 0 Å². The molecule has 2 unspecified atom stereocenters. The van der Waals surface area contributed by atoms with Gasteiger partial charge in [-0.2, -0.15) is 0 Å². The van der Waals surface area contributed by atoms with Crippen molar-refractivity contribution in [1.29, 1.82) is 0 Å². The highest BCUT2D eigenvalue weighted by Gasteiger charge is 2.40. The topological polar surface area (TPSA) is 63.3 Å². The highest BCUT2D eigenvalue weighted by molar-refractivity contribution is 5.75. The van der Waals surface area contributed by atoms with Crippen LogP contribution < -0.4 is 5.73 Å². The fraction of sp³-hybridized carbons (Fsp3) is 0.909. The van der Waals surface area contributed by atoms with Gasteiger partial charge in [0.25, 0.3) is 0 Å². The molecule has 3 N–H and O–H groups in total. The Morgan fingerprint density at radius 1 is 1.43 bits per heavy atom. The zero-order valence-electron chi connectivity index (χ0n) is 9.55. The number of nitrogens with two attached hydrogens (primary N) is 1. The minimum absolute atomic E-state index is 0.162. The largest absolute Gasteiger partial charge is 0.481 e. The minimum Gasteiger partial charge on any atom is -0.481 e. The van der Waals surface area contributed by atoms with Gasteiger partial charge in [0.15, 0.2) is 0 Å². The van der Waals surface area contributed by atoms with Crippen LogP contribution >= 0.6 is 0 Å². The second-order valence-electron chi connectivity index (χ2n) is 4.11. The molecule has 0 amide bonds. The van der Waals surface area contributed by atoms with Crippen molar-refractivity contribution in [2.24, 2.45) is 17.1 Å². The van der Waals surface area contributed by atoms with E-state index in [1.165, 1.54) is 0 Å². The molecule has 0 aromatic rings. The molecule has 3 heteroatoms. The Morgan fingerprint density at radius 2 is 2.00 bits per heavy atom. The van der Waals surface area contributed by atoms with Gasteiger partial charge < -0.3 is 10.8 Å². The molecule has 2 atom stereocenters. The van der Waals surface area contributed by atoms with Crippen LogP contribution in [0.4, 0.5) is 0 Å². The Balaban J connectivity index is 4.72. The SMILES string of the molecule is CCCC(C)C(CN)(CCC)C(=O)O. The summed E-state index contributed by atoms with van der Waals surface area (Å²) >= 11 is 0. The minimum atomic E-state index is -0.734. The number of hydrogen-bond acceptors (Lipinski definition) is 2. The molecule has 0 aliphatic carbocycles. The fourth-order valence-corrected chi connectivity index (χ4v) is 2.11. The van der Waals surface area contributed by atoms with E-state index in [1.54, 1.807) is 0 Å². The van der Waals surface area contributed by atoms with Gasteiger partial charge in [-0.05, 0) is 18.8 Å². The molecule has 0 heterocycles. The van der Waals surface area contributed by atoms with Crippen molar-refractivity contribution in [3.63, 3.8) is 0 Å². The van der Waals surface area contributed by atoms with Crippen LogP contribution in [0.25, 0.3) is 0 Å². The van der Waals surface area contributed by atoms with E-state index >= 15 is 0 Å². The zero-order chi connectivity index (χ0) is 11.2. The molecule has 14 heavy (non-hydrogen) atoms. The molecule has 0 rings (SSSR count). The summed E-state index contributed by atoms with van der Waals surface area (Å²) in [5.41, 5.74) is 4.94. The first-order chi connectivity index (χ1) is 6.55. The van der Waals surface area contributed by atoms with Crippen LogP contribution in [0.3, 0.4) is 0 Å². The van der Waals surface area contributed by atoms with Crippen molar-refractivity contribution in [3.05, 3.63) is 0 Å². The number of carboxylic acid groups (broad SMARTS) is 1. The van der Waals surface area contributed by atoms with E-state index in [0.29, 0.717) is 6.42 Å². The Morgan fingerprint density at radius 3 is 2.29 bits per heavy atom. The molecule has 0 saturated heterocycles. The molecule has 3 nitrogen and oxygen atoms in total. The molecule has 0 radical (unpaired) electrons. The monoisotopic (exact) mass is 201 g/mol. The van der Waals surface area contributed by atoms with Crippen LogP contribution in [0, 0.1) is 11.3 Å². The number of aliphatic carboxylic acids is 1. The average molecular weight is 201 g/mol. The number of carbonyl (C=O) groups is 1. The smallest absolute Gasteiger partial charge is 0.311 e. The van der Waals surface area contributed by atoms with E-state index in [1.807, 2.05) is 13.8 Å². The summed E-state index contributed by atoms with van der Waals surface area (Å²) in [6, 6.07) is 0.